The lowest BCUT2D eigenvalue weighted by Crippen LogP contribution is -2.51. The average Bonchev–Trinajstić information content (AvgIpc) is 2.52. The third-order valence-corrected chi connectivity index (χ3v) is 3.41. The lowest BCUT2D eigenvalue weighted by Gasteiger charge is -2.22. The van der Waals surface area contributed by atoms with Gasteiger partial charge < -0.3 is 21.3 Å². The van der Waals surface area contributed by atoms with Gasteiger partial charge >= 0.3 is 5.97 Å². The van der Waals surface area contributed by atoms with Crippen molar-refractivity contribution in [1.82, 2.24) is 5.32 Å². The molecule has 9 heteroatoms. The van der Waals surface area contributed by atoms with E-state index in [0.29, 0.717) is 0 Å². The normalized spacial score (nSPS) is 14.7. The molecular weight excluding hydrogens is 318 g/mol. The summed E-state index contributed by atoms with van der Waals surface area (Å²) in [5.41, 5.74) is 5.74. The zero-order valence-electron chi connectivity index (χ0n) is 13.4. The van der Waals surface area contributed by atoms with Crippen LogP contribution in [0.5, 0.6) is 0 Å². The van der Waals surface area contributed by atoms with Crippen molar-refractivity contribution >= 4 is 17.6 Å². The molecule has 0 saturated carbocycles. The van der Waals surface area contributed by atoms with E-state index in [1.165, 1.54) is 24.3 Å². The summed E-state index contributed by atoms with van der Waals surface area (Å²) in [4.78, 5) is 33.2. The summed E-state index contributed by atoms with van der Waals surface area (Å²) >= 11 is 0. The van der Waals surface area contributed by atoms with Crippen molar-refractivity contribution in [3.05, 3.63) is 39.9 Å². The lowest BCUT2D eigenvalue weighted by molar-refractivity contribution is -0.384. The number of nitro groups is 1. The number of nitrogens with zero attached hydrogens (tertiary/aromatic N) is 1. The van der Waals surface area contributed by atoms with E-state index < -0.39 is 35.0 Å². The molecule has 0 bridgehead atoms. The standard InChI is InChI=1S/C15H21N3O6/c1-8(2)7-11(15(21)22)17-14(20)12(16)13(19)9-3-5-10(6-4-9)18(23)24/h3-6,8,11-13,19H,7,16H2,1-2H3,(H,17,20)(H,21,22)/t11-,12+,13-/m0/s1. The van der Waals surface area contributed by atoms with Gasteiger partial charge in [-0.2, -0.15) is 0 Å². The number of aliphatic carboxylic acids is 1. The van der Waals surface area contributed by atoms with Crippen LogP contribution in [0.15, 0.2) is 24.3 Å². The molecule has 0 aliphatic rings. The molecule has 9 nitrogen and oxygen atoms in total. The van der Waals surface area contributed by atoms with E-state index in [1.54, 1.807) is 0 Å². The van der Waals surface area contributed by atoms with Crippen LogP contribution < -0.4 is 11.1 Å². The Balaban J connectivity index is 2.79. The average molecular weight is 339 g/mol. The highest BCUT2D eigenvalue weighted by molar-refractivity contribution is 5.87. The molecule has 0 fully saturated rings. The van der Waals surface area contributed by atoms with Crippen LogP contribution in [0.25, 0.3) is 0 Å². The van der Waals surface area contributed by atoms with Crippen LogP contribution in [-0.4, -0.2) is 39.1 Å². The van der Waals surface area contributed by atoms with E-state index >= 15 is 0 Å². The van der Waals surface area contributed by atoms with E-state index in [9.17, 15) is 24.8 Å². The van der Waals surface area contributed by atoms with Gasteiger partial charge in [0.25, 0.3) is 5.69 Å². The largest absolute Gasteiger partial charge is 0.480 e. The van der Waals surface area contributed by atoms with E-state index in [0.717, 1.165) is 0 Å². The Labute approximate surface area is 138 Å². The fourth-order valence-electron chi connectivity index (χ4n) is 2.10. The number of benzene rings is 1. The van der Waals surface area contributed by atoms with Crippen LogP contribution in [0.2, 0.25) is 0 Å². The lowest BCUT2D eigenvalue weighted by atomic mass is 10.00. The number of hydrogen-bond acceptors (Lipinski definition) is 6. The molecule has 1 amide bonds. The number of aliphatic hydroxyl groups is 1. The fourth-order valence-corrected chi connectivity index (χ4v) is 2.10. The van der Waals surface area contributed by atoms with Gasteiger partial charge in [0.05, 0.1) is 4.92 Å². The van der Waals surface area contributed by atoms with Crippen LogP contribution in [0.4, 0.5) is 5.69 Å². The summed E-state index contributed by atoms with van der Waals surface area (Å²) in [6.45, 7) is 3.63. The summed E-state index contributed by atoms with van der Waals surface area (Å²) in [7, 11) is 0. The van der Waals surface area contributed by atoms with Crippen molar-refractivity contribution < 1.29 is 24.7 Å². The van der Waals surface area contributed by atoms with Gasteiger partial charge in [0.1, 0.15) is 18.2 Å². The Hall–Kier alpha value is -2.52. The number of non-ortho nitro benzene ring substituents is 1. The maximum absolute atomic E-state index is 12.1. The first-order valence-corrected chi connectivity index (χ1v) is 7.34. The molecule has 0 spiro atoms. The third kappa shape index (κ3) is 5.28. The highest BCUT2D eigenvalue weighted by atomic mass is 16.6. The number of carboxylic acid groups (broad SMARTS) is 1. The van der Waals surface area contributed by atoms with Gasteiger partial charge in [-0.3, -0.25) is 14.9 Å². The zero-order valence-corrected chi connectivity index (χ0v) is 13.4. The predicted molar refractivity (Wildman–Crippen MR) is 85.1 cm³/mol. The van der Waals surface area contributed by atoms with E-state index in [4.69, 9.17) is 10.8 Å². The number of rotatable bonds is 8. The van der Waals surface area contributed by atoms with Gasteiger partial charge in [-0.1, -0.05) is 13.8 Å². The molecule has 1 aromatic rings. The second-order valence-corrected chi connectivity index (χ2v) is 5.85. The molecular formula is C15H21N3O6. The van der Waals surface area contributed by atoms with Crippen LogP contribution in [0, 0.1) is 16.0 Å². The smallest absolute Gasteiger partial charge is 0.326 e. The number of aliphatic hydroxyl groups excluding tert-OH is 1. The highest BCUT2D eigenvalue weighted by Crippen LogP contribution is 2.20. The second kappa shape index (κ2) is 8.37. The molecule has 3 atom stereocenters. The minimum absolute atomic E-state index is 0.0437. The van der Waals surface area contributed by atoms with Gasteiger partial charge in [0.2, 0.25) is 5.91 Å². The summed E-state index contributed by atoms with van der Waals surface area (Å²) in [6.07, 6.45) is -1.19. The maximum atomic E-state index is 12.1. The maximum Gasteiger partial charge on any atom is 0.326 e. The van der Waals surface area contributed by atoms with Crippen molar-refractivity contribution in [2.24, 2.45) is 11.7 Å². The molecule has 0 aliphatic heterocycles. The molecule has 1 rings (SSSR count). The molecule has 0 unspecified atom stereocenters. The second-order valence-electron chi connectivity index (χ2n) is 5.85. The van der Waals surface area contributed by atoms with Gasteiger partial charge in [-0.05, 0) is 30.0 Å². The topological polar surface area (TPSA) is 156 Å². The van der Waals surface area contributed by atoms with Gasteiger partial charge in [0, 0.05) is 12.1 Å². The first-order valence-electron chi connectivity index (χ1n) is 7.34. The van der Waals surface area contributed by atoms with Crippen molar-refractivity contribution in [2.45, 2.75) is 38.5 Å². The highest BCUT2D eigenvalue weighted by Gasteiger charge is 2.29. The minimum Gasteiger partial charge on any atom is -0.480 e. The number of hydrogen-bond donors (Lipinski definition) is 4. The first kappa shape index (κ1) is 19.5. The zero-order chi connectivity index (χ0) is 18.4. The summed E-state index contributed by atoms with van der Waals surface area (Å²) < 4.78 is 0. The quantitative estimate of drug-likeness (QED) is 0.398. The number of amides is 1. The molecule has 24 heavy (non-hydrogen) atoms. The molecule has 0 aliphatic carbocycles. The predicted octanol–water partition coefficient (Wildman–Crippen LogP) is 0.571. The van der Waals surface area contributed by atoms with Crippen molar-refractivity contribution in [3.63, 3.8) is 0 Å². The number of carbonyl (C=O) groups is 2. The monoisotopic (exact) mass is 339 g/mol. The number of nitro benzene ring substituents is 1. The number of carboxylic acids is 1. The Morgan fingerprint density at radius 2 is 1.83 bits per heavy atom. The van der Waals surface area contributed by atoms with E-state index in [-0.39, 0.29) is 23.6 Å². The molecule has 1 aromatic carbocycles. The summed E-state index contributed by atoms with van der Waals surface area (Å²) in [5, 5.41) is 32.1. The van der Waals surface area contributed by atoms with E-state index in [2.05, 4.69) is 5.32 Å². The third-order valence-electron chi connectivity index (χ3n) is 3.41. The first-order chi connectivity index (χ1) is 11.1. The molecule has 0 radical (unpaired) electrons. The van der Waals surface area contributed by atoms with Crippen LogP contribution in [0.1, 0.15) is 31.9 Å². The Bertz CT molecular complexity index is 602. The summed E-state index contributed by atoms with van der Waals surface area (Å²) in [6, 6.07) is 2.44. The van der Waals surface area contributed by atoms with Gasteiger partial charge in [-0.25, -0.2) is 4.79 Å². The van der Waals surface area contributed by atoms with Crippen LogP contribution in [-0.2, 0) is 9.59 Å². The minimum atomic E-state index is -1.42. The van der Waals surface area contributed by atoms with Crippen LogP contribution in [0.3, 0.4) is 0 Å². The number of nitrogens with two attached hydrogens (primary N) is 1. The van der Waals surface area contributed by atoms with E-state index in [1.807, 2.05) is 13.8 Å². The molecule has 132 valence electrons. The summed E-state index contributed by atoms with van der Waals surface area (Å²) in [5.74, 6) is -1.95. The molecule has 0 heterocycles. The van der Waals surface area contributed by atoms with Crippen molar-refractivity contribution in [3.8, 4) is 0 Å². The van der Waals surface area contributed by atoms with Crippen molar-refractivity contribution in [2.75, 3.05) is 0 Å². The van der Waals surface area contributed by atoms with Gasteiger partial charge in [0.15, 0.2) is 0 Å². The molecule has 5 N–H and O–H groups in total. The van der Waals surface area contributed by atoms with Crippen molar-refractivity contribution in [1.29, 1.82) is 0 Å². The molecule has 0 saturated heterocycles. The number of nitrogens with one attached hydrogen (secondary N) is 1. The Morgan fingerprint density at radius 1 is 1.29 bits per heavy atom. The van der Waals surface area contributed by atoms with Crippen LogP contribution >= 0.6 is 0 Å². The number of carbonyl (C=O) groups excluding carboxylic acids is 1. The molecule has 0 aromatic heterocycles. The SMILES string of the molecule is CC(C)C[C@H](NC(=O)[C@H](N)[C@@H](O)c1ccc([N+](=O)[O-])cc1)C(=O)O. The fraction of sp³-hybridized carbons (Fsp3) is 0.467. The Morgan fingerprint density at radius 3 is 2.25 bits per heavy atom. The van der Waals surface area contributed by atoms with Gasteiger partial charge in [-0.15, -0.1) is 0 Å². The Kier molecular flexibility index (Phi) is 6.81.